The lowest BCUT2D eigenvalue weighted by molar-refractivity contribution is -0.109. The Balaban J connectivity index is 1.41. The van der Waals surface area contributed by atoms with Gasteiger partial charge in [-0.15, -0.1) is 6.42 Å². The molecule has 0 spiro atoms. The maximum absolute atomic E-state index is 13.4. The van der Waals surface area contributed by atoms with E-state index in [2.05, 4.69) is 27.8 Å². The fourth-order valence-electron chi connectivity index (χ4n) is 3.94. The van der Waals surface area contributed by atoms with Crippen LogP contribution in [0.5, 0.6) is 0 Å². The number of benzene rings is 3. The summed E-state index contributed by atoms with van der Waals surface area (Å²) in [6.45, 7) is 3.86. The van der Waals surface area contributed by atoms with Crippen LogP contribution in [0.4, 0.5) is 11.5 Å². The number of hydrogen-bond donors (Lipinski definition) is 1. The Morgan fingerprint density at radius 3 is 2.62 bits per heavy atom. The van der Waals surface area contributed by atoms with E-state index in [9.17, 15) is 13.2 Å². The number of allylic oxidation sites excluding steroid dienone is 2. The number of fused-ring (bicyclic) bond motifs is 1. The monoisotopic (exact) mass is 530 g/mol. The second kappa shape index (κ2) is 10.6. The van der Waals surface area contributed by atoms with E-state index in [0.29, 0.717) is 39.1 Å². The summed E-state index contributed by atoms with van der Waals surface area (Å²) in [4.78, 5) is 21.2. The number of carbonyl (C=O) groups is 1. The summed E-state index contributed by atoms with van der Waals surface area (Å²) in [6.07, 6.45) is 12.7. The van der Waals surface area contributed by atoms with Crippen molar-refractivity contribution in [2.75, 3.05) is 5.32 Å². The molecule has 0 amide bonds. The first-order valence-electron chi connectivity index (χ1n) is 11.8. The highest BCUT2D eigenvalue weighted by Crippen LogP contribution is 2.27. The SMILES string of the molecule is C#Cc1cccc(Nc2ncnc3ccc(S(=O)(=O)n4ccc(/C=C/C(=O)C(=C)c5ccccc5)c4)cc23)c1. The van der Waals surface area contributed by atoms with E-state index < -0.39 is 10.0 Å². The number of aromatic nitrogens is 3. The lowest BCUT2D eigenvalue weighted by Gasteiger charge is -2.11. The second-order valence-electron chi connectivity index (χ2n) is 8.57. The van der Waals surface area contributed by atoms with Crippen molar-refractivity contribution in [1.82, 2.24) is 13.9 Å². The predicted octanol–water partition coefficient (Wildman–Crippen LogP) is 5.69. The van der Waals surface area contributed by atoms with Crippen LogP contribution < -0.4 is 5.32 Å². The zero-order valence-corrected chi connectivity index (χ0v) is 21.5. The van der Waals surface area contributed by atoms with Gasteiger partial charge in [0.25, 0.3) is 10.0 Å². The van der Waals surface area contributed by atoms with Gasteiger partial charge in [-0.3, -0.25) is 4.79 Å². The number of hydrogen-bond acceptors (Lipinski definition) is 6. The Morgan fingerprint density at radius 1 is 1.00 bits per heavy atom. The van der Waals surface area contributed by atoms with Crippen LogP contribution in [-0.2, 0) is 14.8 Å². The first kappa shape index (κ1) is 25.4. The molecule has 0 atom stereocenters. The van der Waals surface area contributed by atoms with Gasteiger partial charge in [-0.2, -0.15) is 0 Å². The first-order valence-corrected chi connectivity index (χ1v) is 13.3. The zero-order chi connectivity index (χ0) is 27.4. The Hall–Kier alpha value is -5.26. The Bertz CT molecular complexity index is 1900. The van der Waals surface area contributed by atoms with E-state index in [1.807, 2.05) is 36.4 Å². The van der Waals surface area contributed by atoms with Gasteiger partial charge in [-0.25, -0.2) is 22.4 Å². The number of rotatable bonds is 8. The molecule has 0 aliphatic carbocycles. The molecule has 5 rings (SSSR count). The van der Waals surface area contributed by atoms with Gasteiger partial charge in [0.1, 0.15) is 12.1 Å². The fraction of sp³-hybridized carbons (Fsp3) is 0. The molecule has 5 aromatic rings. The summed E-state index contributed by atoms with van der Waals surface area (Å²) < 4.78 is 28.0. The molecule has 3 aromatic carbocycles. The largest absolute Gasteiger partial charge is 0.340 e. The fourth-order valence-corrected chi connectivity index (χ4v) is 5.17. The summed E-state index contributed by atoms with van der Waals surface area (Å²) in [7, 11) is -3.94. The van der Waals surface area contributed by atoms with Gasteiger partial charge in [0, 0.05) is 34.6 Å². The molecule has 0 aliphatic heterocycles. The molecular weight excluding hydrogens is 508 g/mol. The molecule has 0 unspecified atom stereocenters. The molecule has 2 heterocycles. The zero-order valence-electron chi connectivity index (χ0n) is 20.7. The van der Waals surface area contributed by atoms with Crippen molar-refractivity contribution in [3.8, 4) is 12.3 Å². The normalized spacial score (nSPS) is 11.4. The van der Waals surface area contributed by atoms with Crippen molar-refractivity contribution in [3.05, 3.63) is 127 Å². The molecule has 0 saturated heterocycles. The maximum atomic E-state index is 13.4. The van der Waals surface area contributed by atoms with Crippen molar-refractivity contribution < 1.29 is 13.2 Å². The molecule has 0 saturated carbocycles. The van der Waals surface area contributed by atoms with E-state index >= 15 is 0 Å². The smallest absolute Gasteiger partial charge is 0.267 e. The van der Waals surface area contributed by atoms with Crippen molar-refractivity contribution in [1.29, 1.82) is 0 Å². The average Bonchev–Trinajstić information content (AvgIpc) is 3.46. The summed E-state index contributed by atoms with van der Waals surface area (Å²) >= 11 is 0. The number of anilines is 2. The van der Waals surface area contributed by atoms with Crippen LogP contribution in [0, 0.1) is 12.3 Å². The topological polar surface area (TPSA) is 93.9 Å². The highest BCUT2D eigenvalue weighted by molar-refractivity contribution is 7.90. The number of nitrogens with one attached hydrogen (secondary N) is 1. The Morgan fingerprint density at radius 2 is 1.82 bits per heavy atom. The van der Waals surface area contributed by atoms with Gasteiger partial charge in [0.2, 0.25) is 0 Å². The van der Waals surface area contributed by atoms with Gasteiger partial charge >= 0.3 is 0 Å². The Kier molecular flexibility index (Phi) is 6.91. The molecule has 0 radical (unpaired) electrons. The molecule has 0 aliphatic rings. The molecule has 39 heavy (non-hydrogen) atoms. The van der Waals surface area contributed by atoms with Gasteiger partial charge in [0.15, 0.2) is 5.78 Å². The third kappa shape index (κ3) is 5.39. The molecule has 190 valence electrons. The summed E-state index contributed by atoms with van der Waals surface area (Å²) in [5.41, 5.74) is 3.62. The van der Waals surface area contributed by atoms with Crippen LogP contribution in [0.3, 0.4) is 0 Å². The van der Waals surface area contributed by atoms with Crippen LogP contribution in [0.1, 0.15) is 16.7 Å². The summed E-state index contributed by atoms with van der Waals surface area (Å²) in [5, 5.41) is 3.73. The minimum atomic E-state index is -3.94. The lowest BCUT2D eigenvalue weighted by Crippen LogP contribution is -2.11. The highest BCUT2D eigenvalue weighted by atomic mass is 32.2. The minimum Gasteiger partial charge on any atom is -0.340 e. The van der Waals surface area contributed by atoms with Gasteiger partial charge in [0.05, 0.1) is 10.4 Å². The molecule has 7 nitrogen and oxygen atoms in total. The van der Waals surface area contributed by atoms with Crippen LogP contribution in [0.2, 0.25) is 0 Å². The minimum absolute atomic E-state index is 0.0601. The van der Waals surface area contributed by atoms with Crippen LogP contribution in [0.25, 0.3) is 22.6 Å². The number of nitrogens with zero attached hydrogens (tertiary/aromatic N) is 3. The van der Waals surface area contributed by atoms with E-state index in [0.717, 1.165) is 9.54 Å². The molecule has 2 aromatic heterocycles. The summed E-state index contributed by atoms with van der Waals surface area (Å²) in [6, 6.07) is 22.7. The molecule has 0 fully saturated rings. The maximum Gasteiger partial charge on any atom is 0.267 e. The quantitative estimate of drug-likeness (QED) is 0.205. The third-order valence-corrected chi connectivity index (χ3v) is 7.64. The van der Waals surface area contributed by atoms with E-state index in [-0.39, 0.29) is 10.7 Å². The number of carbonyl (C=O) groups excluding carboxylic acids is 1. The molecule has 0 bridgehead atoms. The highest BCUT2D eigenvalue weighted by Gasteiger charge is 2.18. The predicted molar refractivity (Wildman–Crippen MR) is 154 cm³/mol. The van der Waals surface area contributed by atoms with Crippen molar-refractivity contribution in [2.45, 2.75) is 4.90 Å². The number of ketones is 1. The molecular formula is C31H22N4O3S. The van der Waals surface area contributed by atoms with Gasteiger partial charge < -0.3 is 5.32 Å². The second-order valence-corrected chi connectivity index (χ2v) is 10.4. The number of terminal acetylenes is 1. The lowest BCUT2D eigenvalue weighted by atomic mass is 10.0. The van der Waals surface area contributed by atoms with E-state index in [1.54, 1.807) is 36.4 Å². The molecule has 8 heteroatoms. The first-order chi connectivity index (χ1) is 18.8. The van der Waals surface area contributed by atoms with Crippen LogP contribution in [0.15, 0.2) is 115 Å². The van der Waals surface area contributed by atoms with Crippen molar-refractivity contribution >= 4 is 49.9 Å². The average molecular weight is 531 g/mol. The molecule has 1 N–H and O–H groups in total. The van der Waals surface area contributed by atoms with E-state index in [1.165, 1.54) is 36.9 Å². The van der Waals surface area contributed by atoms with Gasteiger partial charge in [-0.05, 0) is 65.7 Å². The Labute approximate surface area is 226 Å². The van der Waals surface area contributed by atoms with Crippen LogP contribution >= 0.6 is 0 Å². The van der Waals surface area contributed by atoms with E-state index in [4.69, 9.17) is 6.42 Å². The van der Waals surface area contributed by atoms with Crippen LogP contribution in [-0.4, -0.2) is 28.1 Å². The summed E-state index contributed by atoms with van der Waals surface area (Å²) in [5.74, 6) is 2.76. The third-order valence-electron chi connectivity index (χ3n) is 6.01. The standard InChI is InChI=1S/C31H22N4O3S/c1-3-23-8-7-11-26(18-23)34-31-28-19-27(13-14-29(28)32-21-33-31)39(37,38)35-17-16-24(20-35)12-15-30(36)22(2)25-9-5-4-6-10-25/h1,4-21H,2H2,(H,32,33,34)/b15-12+. The van der Waals surface area contributed by atoms with Gasteiger partial charge in [-0.1, -0.05) is 48.9 Å². The van der Waals surface area contributed by atoms with Crippen molar-refractivity contribution in [3.63, 3.8) is 0 Å². The van der Waals surface area contributed by atoms with Crippen molar-refractivity contribution in [2.24, 2.45) is 0 Å².